The van der Waals surface area contributed by atoms with E-state index in [0.29, 0.717) is 12.1 Å². The molecule has 0 saturated heterocycles. The first kappa shape index (κ1) is 12.4. The number of rotatable bonds is 2. The van der Waals surface area contributed by atoms with Gasteiger partial charge in [0.05, 0.1) is 0 Å². The summed E-state index contributed by atoms with van der Waals surface area (Å²) in [5.74, 6) is -0.642. The summed E-state index contributed by atoms with van der Waals surface area (Å²) in [6, 6.07) is 2.68. The largest absolute Gasteiger partial charge is 0.338 e. The minimum Gasteiger partial charge on any atom is -0.338 e. The highest BCUT2D eigenvalue weighted by molar-refractivity contribution is 6.29. The van der Waals surface area contributed by atoms with Gasteiger partial charge in [0.15, 0.2) is 10.8 Å². The third kappa shape index (κ3) is 2.62. The van der Waals surface area contributed by atoms with Gasteiger partial charge in [0.1, 0.15) is 11.3 Å². The SMILES string of the molecule is CCNC(=O)Nc1ccc2nc(Cl)c(F)nc2n1. The molecule has 2 aromatic heterocycles. The van der Waals surface area contributed by atoms with Gasteiger partial charge in [-0.3, -0.25) is 5.32 Å². The van der Waals surface area contributed by atoms with Crippen LogP contribution in [0.4, 0.5) is 15.0 Å². The Balaban J connectivity index is 2.32. The first-order valence-electron chi connectivity index (χ1n) is 5.15. The van der Waals surface area contributed by atoms with Crippen molar-refractivity contribution in [3.8, 4) is 0 Å². The number of nitrogens with zero attached hydrogens (tertiary/aromatic N) is 3. The van der Waals surface area contributed by atoms with Gasteiger partial charge in [-0.15, -0.1) is 0 Å². The van der Waals surface area contributed by atoms with Crippen LogP contribution in [0, 0.1) is 5.95 Å². The highest BCUT2D eigenvalue weighted by Gasteiger charge is 2.08. The van der Waals surface area contributed by atoms with Crippen molar-refractivity contribution in [3.63, 3.8) is 0 Å². The van der Waals surface area contributed by atoms with Crippen LogP contribution in [0.1, 0.15) is 6.92 Å². The molecule has 0 aliphatic carbocycles. The second-order valence-corrected chi connectivity index (χ2v) is 3.69. The number of nitrogens with one attached hydrogen (secondary N) is 2. The number of anilines is 1. The summed E-state index contributed by atoms with van der Waals surface area (Å²) >= 11 is 5.50. The van der Waals surface area contributed by atoms with Gasteiger partial charge >= 0.3 is 6.03 Å². The van der Waals surface area contributed by atoms with Crippen molar-refractivity contribution in [2.75, 3.05) is 11.9 Å². The summed E-state index contributed by atoms with van der Waals surface area (Å²) in [4.78, 5) is 22.5. The molecule has 2 rings (SSSR count). The van der Waals surface area contributed by atoms with Crippen LogP contribution in [-0.4, -0.2) is 27.5 Å². The molecule has 0 aliphatic rings. The van der Waals surface area contributed by atoms with Crippen LogP contribution in [0.3, 0.4) is 0 Å². The van der Waals surface area contributed by atoms with E-state index in [2.05, 4.69) is 25.6 Å². The van der Waals surface area contributed by atoms with E-state index in [0.717, 1.165) is 0 Å². The number of pyridine rings is 1. The van der Waals surface area contributed by atoms with E-state index < -0.39 is 12.0 Å². The second-order valence-electron chi connectivity index (χ2n) is 3.33. The standard InChI is InChI=1S/C10H9ClFN5O/c1-2-13-10(18)16-6-4-3-5-9(15-6)17-8(12)7(11)14-5/h3-4H,2H2,1H3,(H2,13,15,16,17,18). The first-order valence-corrected chi connectivity index (χ1v) is 5.52. The number of urea groups is 1. The minimum atomic E-state index is -0.896. The van der Waals surface area contributed by atoms with E-state index >= 15 is 0 Å². The van der Waals surface area contributed by atoms with Crippen LogP contribution in [0.2, 0.25) is 5.15 Å². The molecule has 0 saturated carbocycles. The van der Waals surface area contributed by atoms with E-state index in [1.807, 2.05) is 0 Å². The van der Waals surface area contributed by atoms with Crippen molar-refractivity contribution >= 4 is 34.6 Å². The van der Waals surface area contributed by atoms with Gasteiger partial charge < -0.3 is 5.32 Å². The Morgan fingerprint density at radius 2 is 2.17 bits per heavy atom. The normalized spacial score (nSPS) is 10.4. The van der Waals surface area contributed by atoms with E-state index in [1.54, 1.807) is 13.0 Å². The molecule has 94 valence electrons. The van der Waals surface area contributed by atoms with E-state index in [-0.39, 0.29) is 16.6 Å². The number of fused-ring (bicyclic) bond motifs is 1. The van der Waals surface area contributed by atoms with Crippen LogP contribution in [0.25, 0.3) is 11.2 Å². The number of amides is 2. The predicted molar refractivity (Wildman–Crippen MR) is 65.0 cm³/mol. The van der Waals surface area contributed by atoms with Crippen molar-refractivity contribution in [1.29, 1.82) is 0 Å². The lowest BCUT2D eigenvalue weighted by molar-refractivity contribution is 0.252. The van der Waals surface area contributed by atoms with E-state index in [1.165, 1.54) is 6.07 Å². The van der Waals surface area contributed by atoms with Crippen LogP contribution in [0.5, 0.6) is 0 Å². The Morgan fingerprint density at radius 1 is 1.39 bits per heavy atom. The number of carbonyl (C=O) groups is 1. The molecule has 0 bridgehead atoms. The van der Waals surface area contributed by atoms with Gasteiger partial charge in [-0.25, -0.2) is 14.8 Å². The molecule has 8 heteroatoms. The van der Waals surface area contributed by atoms with Crippen LogP contribution < -0.4 is 10.6 Å². The molecular formula is C10H9ClFN5O. The Labute approximate surface area is 107 Å². The van der Waals surface area contributed by atoms with Gasteiger partial charge in [0, 0.05) is 6.54 Å². The Kier molecular flexibility index (Phi) is 3.52. The summed E-state index contributed by atoms with van der Waals surface area (Å²) in [7, 11) is 0. The highest BCUT2D eigenvalue weighted by atomic mass is 35.5. The Hall–Kier alpha value is -2.02. The predicted octanol–water partition coefficient (Wildman–Crippen LogP) is 1.96. The fourth-order valence-electron chi connectivity index (χ4n) is 1.29. The van der Waals surface area contributed by atoms with Gasteiger partial charge in [0.25, 0.3) is 5.95 Å². The average molecular weight is 270 g/mol. The zero-order chi connectivity index (χ0) is 13.1. The van der Waals surface area contributed by atoms with Crippen molar-refractivity contribution in [2.45, 2.75) is 6.92 Å². The number of carbonyl (C=O) groups excluding carboxylic acids is 1. The zero-order valence-electron chi connectivity index (χ0n) is 9.37. The highest BCUT2D eigenvalue weighted by Crippen LogP contribution is 2.16. The molecule has 0 fully saturated rings. The molecule has 0 spiro atoms. The maximum Gasteiger partial charge on any atom is 0.320 e. The number of halogens is 2. The zero-order valence-corrected chi connectivity index (χ0v) is 10.1. The Bertz CT molecular complexity index is 606. The monoisotopic (exact) mass is 269 g/mol. The summed E-state index contributed by atoms with van der Waals surface area (Å²) in [6.07, 6.45) is 0. The molecule has 0 unspecified atom stereocenters. The van der Waals surface area contributed by atoms with Crippen molar-refractivity contribution in [1.82, 2.24) is 20.3 Å². The molecular weight excluding hydrogens is 261 g/mol. The van der Waals surface area contributed by atoms with Crippen molar-refractivity contribution in [2.24, 2.45) is 0 Å². The van der Waals surface area contributed by atoms with E-state index in [4.69, 9.17) is 11.6 Å². The molecule has 0 aliphatic heterocycles. The molecule has 2 N–H and O–H groups in total. The van der Waals surface area contributed by atoms with Gasteiger partial charge in [-0.1, -0.05) is 11.6 Å². The molecule has 0 radical (unpaired) electrons. The van der Waals surface area contributed by atoms with Gasteiger partial charge in [0.2, 0.25) is 0 Å². The van der Waals surface area contributed by atoms with Crippen molar-refractivity contribution in [3.05, 3.63) is 23.2 Å². The van der Waals surface area contributed by atoms with Gasteiger partial charge in [-0.2, -0.15) is 9.37 Å². The summed E-state index contributed by atoms with van der Waals surface area (Å²) in [5.41, 5.74) is 0.425. The van der Waals surface area contributed by atoms with Crippen LogP contribution in [0.15, 0.2) is 12.1 Å². The fourth-order valence-corrected chi connectivity index (χ4v) is 1.43. The molecule has 0 atom stereocenters. The van der Waals surface area contributed by atoms with Crippen molar-refractivity contribution < 1.29 is 9.18 Å². The topological polar surface area (TPSA) is 79.8 Å². The molecule has 2 amide bonds. The number of hydrogen-bond acceptors (Lipinski definition) is 4. The minimum absolute atomic E-state index is 0.0752. The summed E-state index contributed by atoms with van der Waals surface area (Å²) in [6.45, 7) is 2.28. The Morgan fingerprint density at radius 3 is 2.89 bits per heavy atom. The lowest BCUT2D eigenvalue weighted by Crippen LogP contribution is -2.28. The van der Waals surface area contributed by atoms with Crippen LogP contribution in [-0.2, 0) is 0 Å². The quantitative estimate of drug-likeness (QED) is 0.873. The summed E-state index contributed by atoms with van der Waals surface area (Å²) in [5, 5.41) is 4.71. The van der Waals surface area contributed by atoms with Crippen LogP contribution >= 0.6 is 11.6 Å². The average Bonchev–Trinajstić information content (AvgIpc) is 2.31. The maximum atomic E-state index is 13.1. The smallest absolute Gasteiger partial charge is 0.320 e. The fraction of sp³-hybridized carbons (Fsp3) is 0.200. The van der Waals surface area contributed by atoms with Gasteiger partial charge in [-0.05, 0) is 19.1 Å². The number of aromatic nitrogens is 3. The lowest BCUT2D eigenvalue weighted by atomic mass is 10.4. The molecule has 6 nitrogen and oxygen atoms in total. The number of hydrogen-bond donors (Lipinski definition) is 2. The van der Waals surface area contributed by atoms with E-state index in [9.17, 15) is 9.18 Å². The third-order valence-electron chi connectivity index (χ3n) is 2.03. The lowest BCUT2D eigenvalue weighted by Gasteiger charge is -2.05. The third-order valence-corrected chi connectivity index (χ3v) is 2.27. The molecule has 18 heavy (non-hydrogen) atoms. The second kappa shape index (κ2) is 5.09. The first-order chi connectivity index (χ1) is 8.60. The molecule has 2 aromatic rings. The summed E-state index contributed by atoms with van der Waals surface area (Å²) < 4.78 is 13.1. The molecule has 2 heterocycles. The maximum absolute atomic E-state index is 13.1. The molecule has 0 aromatic carbocycles.